The molecule has 8 heteroatoms. The number of carbonyl (C=O) groups is 1. The third-order valence-electron chi connectivity index (χ3n) is 4.08. The Morgan fingerprint density at radius 2 is 2.08 bits per heavy atom. The summed E-state index contributed by atoms with van der Waals surface area (Å²) in [6.07, 6.45) is 1.25. The monoisotopic (exact) mass is 357 g/mol. The topological polar surface area (TPSA) is 69.7 Å². The summed E-state index contributed by atoms with van der Waals surface area (Å²) in [5.74, 6) is -0.592. The number of carbonyl (C=O) groups excluding carboxylic acids is 1. The number of sulfonamides is 1. The molecule has 0 radical (unpaired) electrons. The van der Waals surface area contributed by atoms with Crippen LogP contribution in [-0.4, -0.2) is 69.6 Å². The number of nitrogens with one attached hydrogen (secondary N) is 1. The molecule has 2 atom stereocenters. The van der Waals surface area contributed by atoms with E-state index in [0.29, 0.717) is 18.7 Å². The average molecular weight is 357 g/mol. The van der Waals surface area contributed by atoms with Crippen LogP contribution in [0.5, 0.6) is 0 Å². The lowest BCUT2D eigenvalue weighted by molar-refractivity contribution is -0.121. The third kappa shape index (κ3) is 5.25. The number of hydrogen-bond acceptors (Lipinski definition) is 4. The highest BCUT2D eigenvalue weighted by atomic mass is 32.2. The van der Waals surface area contributed by atoms with E-state index in [4.69, 9.17) is 0 Å². The molecule has 1 fully saturated rings. The number of benzene rings is 1. The zero-order valence-corrected chi connectivity index (χ0v) is 15.0. The molecule has 0 unspecified atom stereocenters. The van der Waals surface area contributed by atoms with Gasteiger partial charge in [-0.1, -0.05) is 12.1 Å². The number of amides is 1. The van der Waals surface area contributed by atoms with Crippen molar-refractivity contribution in [2.45, 2.75) is 12.5 Å². The summed E-state index contributed by atoms with van der Waals surface area (Å²) >= 11 is 0. The number of nitrogens with zero attached hydrogens (tertiary/aromatic N) is 2. The molecule has 1 saturated heterocycles. The fourth-order valence-electron chi connectivity index (χ4n) is 3.01. The second kappa shape index (κ2) is 7.58. The smallest absolute Gasteiger partial charge is 0.224 e. The van der Waals surface area contributed by atoms with Crippen molar-refractivity contribution < 1.29 is 17.6 Å². The first-order chi connectivity index (χ1) is 11.1. The molecule has 0 aromatic heterocycles. The van der Waals surface area contributed by atoms with E-state index in [1.165, 1.54) is 22.7 Å². The van der Waals surface area contributed by atoms with Gasteiger partial charge >= 0.3 is 0 Å². The molecular weight excluding hydrogens is 333 g/mol. The van der Waals surface area contributed by atoms with Gasteiger partial charge in [0.15, 0.2) is 0 Å². The lowest BCUT2D eigenvalue weighted by Gasteiger charge is -2.22. The second-order valence-corrected chi connectivity index (χ2v) is 8.57. The number of rotatable bonds is 6. The van der Waals surface area contributed by atoms with E-state index in [2.05, 4.69) is 5.32 Å². The van der Waals surface area contributed by atoms with Gasteiger partial charge in [-0.25, -0.2) is 12.8 Å². The minimum atomic E-state index is -3.29. The van der Waals surface area contributed by atoms with Crippen molar-refractivity contribution in [3.63, 3.8) is 0 Å². The van der Waals surface area contributed by atoms with Gasteiger partial charge in [0.1, 0.15) is 5.82 Å². The fourth-order valence-corrected chi connectivity index (χ4v) is 3.90. The van der Waals surface area contributed by atoms with E-state index in [1.807, 2.05) is 19.0 Å². The van der Waals surface area contributed by atoms with Gasteiger partial charge < -0.3 is 10.2 Å². The third-order valence-corrected chi connectivity index (χ3v) is 5.31. The van der Waals surface area contributed by atoms with Gasteiger partial charge in [-0.3, -0.25) is 4.79 Å². The summed E-state index contributed by atoms with van der Waals surface area (Å²) in [7, 11) is 0.532. The zero-order valence-electron chi connectivity index (χ0n) is 14.2. The Hall–Kier alpha value is -1.51. The Bertz CT molecular complexity index is 694. The van der Waals surface area contributed by atoms with Crippen molar-refractivity contribution in [1.82, 2.24) is 14.5 Å². The van der Waals surface area contributed by atoms with E-state index in [9.17, 15) is 17.6 Å². The first-order valence-electron chi connectivity index (χ1n) is 7.79. The molecule has 1 heterocycles. The van der Waals surface area contributed by atoms with Crippen LogP contribution in [0.2, 0.25) is 0 Å². The van der Waals surface area contributed by atoms with Crippen LogP contribution in [0, 0.1) is 11.7 Å². The molecule has 0 spiro atoms. The van der Waals surface area contributed by atoms with Gasteiger partial charge in [0.05, 0.1) is 12.7 Å². The summed E-state index contributed by atoms with van der Waals surface area (Å²) in [4.78, 5) is 14.2. The molecule has 134 valence electrons. The average Bonchev–Trinajstić information content (AvgIpc) is 2.80. The molecule has 1 aliphatic rings. The highest BCUT2D eigenvalue weighted by Crippen LogP contribution is 2.20. The maximum atomic E-state index is 13.2. The molecule has 1 aromatic carbocycles. The van der Waals surface area contributed by atoms with E-state index < -0.39 is 10.0 Å². The maximum Gasteiger partial charge on any atom is 0.224 e. The van der Waals surface area contributed by atoms with Gasteiger partial charge in [0.25, 0.3) is 0 Å². The molecule has 6 nitrogen and oxygen atoms in total. The minimum absolute atomic E-state index is 0.0196. The Labute approximate surface area is 142 Å². The number of halogens is 1. The van der Waals surface area contributed by atoms with E-state index in [-0.39, 0.29) is 36.6 Å². The molecule has 24 heavy (non-hydrogen) atoms. The van der Waals surface area contributed by atoms with E-state index in [0.717, 1.165) is 0 Å². The van der Waals surface area contributed by atoms with Crippen molar-refractivity contribution in [2.24, 2.45) is 5.92 Å². The molecule has 1 aliphatic heterocycles. The van der Waals surface area contributed by atoms with Crippen LogP contribution in [0.3, 0.4) is 0 Å². The van der Waals surface area contributed by atoms with Crippen LogP contribution in [0.15, 0.2) is 24.3 Å². The first kappa shape index (κ1) is 18.8. The van der Waals surface area contributed by atoms with Crippen LogP contribution >= 0.6 is 0 Å². The van der Waals surface area contributed by atoms with Gasteiger partial charge in [-0.15, -0.1) is 0 Å². The number of hydrogen-bond donors (Lipinski definition) is 1. The first-order valence-corrected chi connectivity index (χ1v) is 9.63. The highest BCUT2D eigenvalue weighted by molar-refractivity contribution is 7.88. The Kier molecular flexibility index (Phi) is 5.95. The molecule has 0 saturated carbocycles. The molecule has 1 amide bonds. The van der Waals surface area contributed by atoms with Crippen LogP contribution in [0.4, 0.5) is 4.39 Å². The molecule has 0 aliphatic carbocycles. The quantitative estimate of drug-likeness (QED) is 0.795. The summed E-state index contributed by atoms with van der Waals surface area (Å²) in [5.41, 5.74) is 0.592. The van der Waals surface area contributed by atoms with Gasteiger partial charge in [-0.05, 0) is 31.8 Å². The van der Waals surface area contributed by atoms with Crippen LogP contribution in [0.25, 0.3) is 0 Å². The van der Waals surface area contributed by atoms with Crippen molar-refractivity contribution in [3.05, 3.63) is 35.6 Å². The fraction of sp³-hybridized carbons (Fsp3) is 0.562. The summed E-state index contributed by atoms with van der Waals surface area (Å²) in [6, 6.07) is 5.66. The molecule has 2 rings (SSSR count). The predicted molar refractivity (Wildman–Crippen MR) is 90.5 cm³/mol. The van der Waals surface area contributed by atoms with Crippen LogP contribution in [-0.2, 0) is 21.2 Å². The lowest BCUT2D eigenvalue weighted by Crippen LogP contribution is -2.44. The second-order valence-electron chi connectivity index (χ2n) is 6.58. The molecule has 0 bridgehead atoms. The summed E-state index contributed by atoms with van der Waals surface area (Å²) < 4.78 is 38.2. The van der Waals surface area contributed by atoms with Crippen molar-refractivity contribution >= 4 is 15.9 Å². The SMILES string of the molecule is CN(C)C[C@@H]1CN(S(C)(=O)=O)C[C@H]1NC(=O)Cc1cccc(F)c1. The van der Waals surface area contributed by atoms with Crippen molar-refractivity contribution in [3.8, 4) is 0 Å². The van der Waals surface area contributed by atoms with Gasteiger partial charge in [0.2, 0.25) is 15.9 Å². The maximum absolute atomic E-state index is 13.2. The van der Waals surface area contributed by atoms with Crippen LogP contribution < -0.4 is 5.32 Å². The molecular formula is C16H24FN3O3S. The van der Waals surface area contributed by atoms with Crippen LogP contribution in [0.1, 0.15) is 5.56 Å². The highest BCUT2D eigenvalue weighted by Gasteiger charge is 2.37. The van der Waals surface area contributed by atoms with Gasteiger partial charge in [-0.2, -0.15) is 4.31 Å². The minimum Gasteiger partial charge on any atom is -0.351 e. The summed E-state index contributed by atoms with van der Waals surface area (Å²) in [6.45, 7) is 1.34. The molecule has 1 aromatic rings. The standard InChI is InChI=1S/C16H24FN3O3S/c1-19(2)9-13-10-20(24(3,22)23)11-15(13)18-16(21)8-12-5-4-6-14(17)7-12/h4-7,13,15H,8-11H2,1-3H3,(H,18,21)/t13-,15-/m1/s1. The van der Waals surface area contributed by atoms with Crippen molar-refractivity contribution in [1.29, 1.82) is 0 Å². The van der Waals surface area contributed by atoms with Crippen molar-refractivity contribution in [2.75, 3.05) is 40.0 Å². The molecule has 1 N–H and O–H groups in total. The predicted octanol–water partition coefficient (Wildman–Crippen LogP) is 0.306. The lowest BCUT2D eigenvalue weighted by atomic mass is 10.0. The largest absolute Gasteiger partial charge is 0.351 e. The normalized spacial score (nSPS) is 22.0. The van der Waals surface area contributed by atoms with E-state index >= 15 is 0 Å². The Morgan fingerprint density at radius 3 is 2.67 bits per heavy atom. The Balaban J connectivity index is 2.03. The zero-order chi connectivity index (χ0) is 17.9. The Morgan fingerprint density at radius 1 is 1.38 bits per heavy atom. The van der Waals surface area contributed by atoms with E-state index in [1.54, 1.807) is 12.1 Å². The van der Waals surface area contributed by atoms with Gasteiger partial charge in [0, 0.05) is 31.6 Å². The summed E-state index contributed by atoms with van der Waals surface area (Å²) in [5, 5.41) is 2.91.